The molecule has 5 nitrogen and oxygen atoms in total. The van der Waals surface area contributed by atoms with E-state index < -0.39 is 27.3 Å². The van der Waals surface area contributed by atoms with Gasteiger partial charge in [0, 0.05) is 6.04 Å². The summed E-state index contributed by atoms with van der Waals surface area (Å²) in [6, 6.07) is -0.316. The van der Waals surface area contributed by atoms with Gasteiger partial charge in [0.1, 0.15) is 6.54 Å². The Balaban J connectivity index is 2.94. The van der Waals surface area contributed by atoms with Gasteiger partial charge < -0.3 is 5.11 Å². The quantitative estimate of drug-likeness (QED) is 0.759. The number of nitrogens with zero attached hydrogens (tertiary/aromatic N) is 1. The van der Waals surface area contributed by atoms with Crippen molar-refractivity contribution in [3.05, 3.63) is 0 Å². The predicted molar refractivity (Wildman–Crippen MR) is 56.0 cm³/mol. The molecule has 0 spiro atoms. The van der Waals surface area contributed by atoms with Crippen molar-refractivity contribution in [1.29, 1.82) is 0 Å². The van der Waals surface area contributed by atoms with Gasteiger partial charge in [-0.1, -0.05) is 0 Å². The van der Waals surface area contributed by atoms with Crippen LogP contribution in [-0.4, -0.2) is 41.1 Å². The van der Waals surface area contributed by atoms with E-state index in [1.54, 1.807) is 20.8 Å². The Kier molecular flexibility index (Phi) is 3.11. The highest BCUT2D eigenvalue weighted by Gasteiger charge is 2.53. The van der Waals surface area contributed by atoms with Gasteiger partial charge in [-0.3, -0.25) is 4.79 Å². The van der Waals surface area contributed by atoms with Gasteiger partial charge in [-0.25, -0.2) is 8.42 Å². The van der Waals surface area contributed by atoms with Gasteiger partial charge in [-0.05, 0) is 33.6 Å². The third kappa shape index (κ3) is 2.31. The summed E-state index contributed by atoms with van der Waals surface area (Å²) in [5.41, 5.74) is 0. The zero-order chi connectivity index (χ0) is 11.9. The number of rotatable bonds is 5. The van der Waals surface area contributed by atoms with E-state index in [1.165, 1.54) is 0 Å². The largest absolute Gasteiger partial charge is 0.480 e. The monoisotopic (exact) mass is 235 g/mol. The molecule has 0 unspecified atom stereocenters. The molecule has 0 saturated heterocycles. The molecule has 1 N–H and O–H groups in total. The number of carboxylic acids is 1. The van der Waals surface area contributed by atoms with Crippen molar-refractivity contribution in [1.82, 2.24) is 4.31 Å². The van der Waals surface area contributed by atoms with E-state index in [9.17, 15) is 13.2 Å². The summed E-state index contributed by atoms with van der Waals surface area (Å²) < 4.78 is 24.5. The summed E-state index contributed by atoms with van der Waals surface area (Å²) in [4.78, 5) is 10.6. The predicted octanol–water partition coefficient (Wildman–Crippen LogP) is 0.664. The highest BCUT2D eigenvalue weighted by atomic mass is 32.2. The lowest BCUT2D eigenvalue weighted by molar-refractivity contribution is -0.137. The molecule has 88 valence electrons. The molecule has 0 aliphatic heterocycles. The van der Waals surface area contributed by atoms with Gasteiger partial charge in [0.2, 0.25) is 10.0 Å². The van der Waals surface area contributed by atoms with Crippen LogP contribution in [0.15, 0.2) is 0 Å². The van der Waals surface area contributed by atoms with Crippen molar-refractivity contribution in [2.45, 2.75) is 44.4 Å². The van der Waals surface area contributed by atoms with Gasteiger partial charge in [-0.15, -0.1) is 0 Å². The third-order valence-electron chi connectivity index (χ3n) is 2.75. The van der Waals surface area contributed by atoms with Crippen molar-refractivity contribution in [2.75, 3.05) is 6.54 Å². The number of carboxylic acid groups (broad SMARTS) is 1. The topological polar surface area (TPSA) is 74.7 Å². The Bertz CT molecular complexity index is 356. The van der Waals surface area contributed by atoms with Crippen LogP contribution in [0, 0.1) is 0 Å². The fourth-order valence-electron chi connectivity index (χ4n) is 1.40. The van der Waals surface area contributed by atoms with Gasteiger partial charge in [0.25, 0.3) is 0 Å². The first-order chi connectivity index (χ1) is 6.71. The summed E-state index contributed by atoms with van der Waals surface area (Å²) in [7, 11) is -3.47. The van der Waals surface area contributed by atoms with E-state index in [2.05, 4.69) is 0 Å². The van der Waals surface area contributed by atoms with Crippen molar-refractivity contribution in [3.8, 4) is 0 Å². The minimum absolute atomic E-state index is 0.316. The van der Waals surface area contributed by atoms with Gasteiger partial charge in [-0.2, -0.15) is 4.31 Å². The maximum atomic E-state index is 12.1. The normalized spacial score (nSPS) is 19.5. The molecule has 0 radical (unpaired) electrons. The zero-order valence-corrected chi connectivity index (χ0v) is 10.0. The number of sulfonamides is 1. The van der Waals surface area contributed by atoms with E-state index in [-0.39, 0.29) is 6.04 Å². The Morgan fingerprint density at radius 2 is 1.93 bits per heavy atom. The molecule has 1 fully saturated rings. The van der Waals surface area contributed by atoms with Crippen molar-refractivity contribution in [2.24, 2.45) is 0 Å². The van der Waals surface area contributed by atoms with Crippen LogP contribution >= 0.6 is 0 Å². The Hall–Kier alpha value is -0.620. The van der Waals surface area contributed by atoms with Crippen LogP contribution in [0.4, 0.5) is 0 Å². The second kappa shape index (κ2) is 3.75. The van der Waals surface area contributed by atoms with Crippen LogP contribution in [0.2, 0.25) is 0 Å². The Morgan fingerprint density at radius 1 is 1.47 bits per heavy atom. The molecule has 15 heavy (non-hydrogen) atoms. The summed E-state index contributed by atoms with van der Waals surface area (Å²) in [5.74, 6) is -1.11. The minimum Gasteiger partial charge on any atom is -0.480 e. The lowest BCUT2D eigenvalue weighted by Crippen LogP contribution is -2.45. The summed E-state index contributed by atoms with van der Waals surface area (Å²) in [5, 5.41) is 8.68. The van der Waals surface area contributed by atoms with Crippen molar-refractivity contribution < 1.29 is 18.3 Å². The van der Waals surface area contributed by atoms with Crippen LogP contribution < -0.4 is 0 Å². The fraction of sp³-hybridized carbons (Fsp3) is 0.889. The molecule has 6 heteroatoms. The van der Waals surface area contributed by atoms with Crippen molar-refractivity contribution >= 4 is 16.0 Å². The van der Waals surface area contributed by atoms with Gasteiger partial charge >= 0.3 is 5.97 Å². The van der Waals surface area contributed by atoms with Crippen LogP contribution in [0.1, 0.15) is 33.6 Å². The molecular formula is C9H17NO4S. The molecule has 1 saturated carbocycles. The number of aliphatic carboxylic acids is 1. The number of hydrogen-bond donors (Lipinski definition) is 1. The summed E-state index contributed by atoms with van der Waals surface area (Å²) in [6.45, 7) is 4.59. The second-order valence-corrected chi connectivity index (χ2v) is 6.89. The Labute approximate surface area is 90.1 Å². The lowest BCUT2D eigenvalue weighted by Gasteiger charge is -2.27. The average Bonchev–Trinajstić information content (AvgIpc) is 2.80. The fourth-order valence-corrected chi connectivity index (χ4v) is 3.42. The first-order valence-electron chi connectivity index (χ1n) is 4.94. The zero-order valence-electron chi connectivity index (χ0n) is 9.23. The van der Waals surface area contributed by atoms with E-state index in [1.807, 2.05) is 0 Å². The maximum absolute atomic E-state index is 12.1. The summed E-state index contributed by atoms with van der Waals surface area (Å²) >= 11 is 0. The number of hydrogen-bond acceptors (Lipinski definition) is 3. The second-order valence-electron chi connectivity index (χ2n) is 4.49. The molecule has 0 aromatic rings. The SMILES string of the molecule is CC(C)N(CC(=O)O)S(=O)(=O)C1(C)CC1. The van der Waals surface area contributed by atoms with Crippen LogP contribution in [-0.2, 0) is 14.8 Å². The molecule has 1 rings (SSSR count). The third-order valence-corrected chi connectivity index (χ3v) is 5.57. The van der Waals surface area contributed by atoms with Crippen LogP contribution in [0.3, 0.4) is 0 Å². The molecule has 1 aliphatic carbocycles. The van der Waals surface area contributed by atoms with Gasteiger partial charge in [0.15, 0.2) is 0 Å². The van der Waals surface area contributed by atoms with Crippen LogP contribution in [0.5, 0.6) is 0 Å². The Morgan fingerprint density at radius 3 is 2.20 bits per heavy atom. The molecular weight excluding hydrogens is 218 g/mol. The molecule has 0 bridgehead atoms. The minimum atomic E-state index is -3.47. The first kappa shape index (κ1) is 12.4. The lowest BCUT2D eigenvalue weighted by atomic mass is 10.4. The molecule has 0 heterocycles. The van der Waals surface area contributed by atoms with E-state index >= 15 is 0 Å². The maximum Gasteiger partial charge on any atom is 0.318 e. The molecule has 1 aliphatic rings. The number of carbonyl (C=O) groups is 1. The standard InChI is InChI=1S/C9H17NO4S/c1-7(2)10(6-8(11)12)15(13,14)9(3)4-5-9/h7H,4-6H2,1-3H3,(H,11,12). The highest BCUT2D eigenvalue weighted by molar-refractivity contribution is 7.90. The molecule has 0 aromatic heterocycles. The van der Waals surface area contributed by atoms with E-state index in [4.69, 9.17) is 5.11 Å². The van der Waals surface area contributed by atoms with Crippen LogP contribution in [0.25, 0.3) is 0 Å². The first-order valence-corrected chi connectivity index (χ1v) is 6.38. The van der Waals surface area contributed by atoms with E-state index in [0.29, 0.717) is 12.8 Å². The molecule has 0 aromatic carbocycles. The smallest absolute Gasteiger partial charge is 0.318 e. The van der Waals surface area contributed by atoms with Crippen molar-refractivity contribution in [3.63, 3.8) is 0 Å². The summed E-state index contributed by atoms with van der Waals surface area (Å²) in [6.07, 6.45) is 1.25. The van der Waals surface area contributed by atoms with E-state index in [0.717, 1.165) is 4.31 Å². The molecule has 0 atom stereocenters. The van der Waals surface area contributed by atoms with Gasteiger partial charge in [0.05, 0.1) is 4.75 Å². The average molecular weight is 235 g/mol. The highest BCUT2D eigenvalue weighted by Crippen LogP contribution is 2.44. The molecule has 0 amide bonds.